The SMILES string of the molecule is Cc1cn([C@@]2([Si](C)(C)C(C)(C)C)C[C@H](O)[C@@H](CO)O2)c(=O)[nH]c1=O. The number of aliphatic hydroxyl groups is 2. The number of nitrogens with one attached hydrogen (secondary N) is 1. The van der Waals surface area contributed by atoms with E-state index < -0.39 is 36.9 Å². The Morgan fingerprint density at radius 3 is 2.46 bits per heavy atom. The van der Waals surface area contributed by atoms with Gasteiger partial charge in [0, 0.05) is 18.2 Å². The number of H-pyrrole nitrogens is 1. The number of hydrogen-bond donors (Lipinski definition) is 3. The summed E-state index contributed by atoms with van der Waals surface area (Å²) in [5.74, 6) is 0. The summed E-state index contributed by atoms with van der Waals surface area (Å²) in [5, 5.41) is 18.7. The average molecular weight is 356 g/mol. The van der Waals surface area contributed by atoms with Crippen LogP contribution in [0.15, 0.2) is 15.8 Å². The van der Waals surface area contributed by atoms with Crippen molar-refractivity contribution in [1.82, 2.24) is 9.55 Å². The van der Waals surface area contributed by atoms with Crippen molar-refractivity contribution in [3.8, 4) is 0 Å². The Bertz CT molecular complexity index is 733. The maximum atomic E-state index is 12.6. The molecule has 1 fully saturated rings. The van der Waals surface area contributed by atoms with E-state index in [9.17, 15) is 19.8 Å². The molecule has 1 saturated heterocycles. The zero-order chi connectivity index (χ0) is 18.5. The molecule has 24 heavy (non-hydrogen) atoms. The zero-order valence-electron chi connectivity index (χ0n) is 15.2. The van der Waals surface area contributed by atoms with Gasteiger partial charge in [-0.15, -0.1) is 0 Å². The van der Waals surface area contributed by atoms with Gasteiger partial charge in [0.2, 0.25) is 0 Å². The Hall–Kier alpha value is -1.22. The zero-order valence-corrected chi connectivity index (χ0v) is 16.2. The standard InChI is InChI=1S/C16H28N2O5Si/c1-10-8-18(14(22)17-13(10)21)16(24(5,6)15(2,3)4)7-11(20)12(9-19)23-16/h8,11-12,19-20H,7,9H2,1-6H3,(H,17,21,22)/t11-,12+,16-/m0/s1. The van der Waals surface area contributed by atoms with E-state index in [2.05, 4.69) is 38.8 Å². The summed E-state index contributed by atoms with van der Waals surface area (Å²) in [6.45, 7) is 11.8. The third-order valence-corrected chi connectivity index (χ3v) is 12.1. The van der Waals surface area contributed by atoms with E-state index in [1.807, 2.05) is 0 Å². The summed E-state index contributed by atoms with van der Waals surface area (Å²) in [6.07, 6.45) is 0.0929. The summed E-state index contributed by atoms with van der Waals surface area (Å²) >= 11 is 0. The summed E-state index contributed by atoms with van der Waals surface area (Å²) in [4.78, 5) is 26.7. The molecule has 0 aliphatic carbocycles. The largest absolute Gasteiger partial charge is 0.394 e. The van der Waals surface area contributed by atoms with Crippen LogP contribution in [0.25, 0.3) is 0 Å². The molecular weight excluding hydrogens is 328 g/mol. The normalized spacial score (nSPS) is 28.3. The summed E-state index contributed by atoms with van der Waals surface area (Å²) in [7, 11) is -2.39. The van der Waals surface area contributed by atoms with Gasteiger partial charge in [0.1, 0.15) is 19.5 Å². The van der Waals surface area contributed by atoms with E-state index in [0.29, 0.717) is 5.56 Å². The number of aromatic nitrogens is 2. The molecular formula is C16H28N2O5Si. The fourth-order valence-corrected chi connectivity index (χ4v) is 6.34. The monoisotopic (exact) mass is 356 g/mol. The highest BCUT2D eigenvalue weighted by molar-refractivity contribution is 6.81. The van der Waals surface area contributed by atoms with E-state index in [1.54, 1.807) is 6.92 Å². The third-order valence-electron chi connectivity index (χ3n) is 5.80. The number of nitrogens with zero attached hydrogens (tertiary/aromatic N) is 1. The first kappa shape index (κ1) is 19.1. The first-order valence-corrected chi connectivity index (χ1v) is 11.2. The van der Waals surface area contributed by atoms with Crippen molar-refractivity contribution in [3.05, 3.63) is 32.6 Å². The van der Waals surface area contributed by atoms with Gasteiger partial charge in [-0.3, -0.25) is 14.3 Å². The molecule has 0 radical (unpaired) electrons. The number of rotatable bonds is 3. The van der Waals surface area contributed by atoms with Crippen molar-refractivity contribution in [2.24, 2.45) is 0 Å². The second-order valence-electron chi connectivity index (χ2n) is 8.21. The van der Waals surface area contributed by atoms with Crippen LogP contribution in [0.3, 0.4) is 0 Å². The van der Waals surface area contributed by atoms with Crippen LogP contribution in [0.1, 0.15) is 32.8 Å². The van der Waals surface area contributed by atoms with Crippen LogP contribution in [-0.4, -0.2) is 46.7 Å². The van der Waals surface area contributed by atoms with Gasteiger partial charge in [-0.1, -0.05) is 33.9 Å². The fraction of sp³-hybridized carbons (Fsp3) is 0.750. The second kappa shape index (κ2) is 5.94. The van der Waals surface area contributed by atoms with Gasteiger partial charge in [0.15, 0.2) is 0 Å². The smallest absolute Gasteiger partial charge is 0.330 e. The van der Waals surface area contributed by atoms with Crippen LogP contribution in [-0.2, 0) is 10.1 Å². The van der Waals surface area contributed by atoms with E-state index >= 15 is 0 Å². The van der Waals surface area contributed by atoms with Crippen LogP contribution >= 0.6 is 0 Å². The molecule has 3 atom stereocenters. The van der Waals surface area contributed by atoms with Crippen molar-refractivity contribution in [2.75, 3.05) is 6.61 Å². The molecule has 8 heteroatoms. The Morgan fingerprint density at radius 2 is 2.00 bits per heavy atom. The lowest BCUT2D eigenvalue weighted by molar-refractivity contribution is -0.0778. The van der Waals surface area contributed by atoms with Crippen molar-refractivity contribution >= 4 is 8.07 Å². The van der Waals surface area contributed by atoms with Crippen LogP contribution in [0.2, 0.25) is 18.1 Å². The van der Waals surface area contributed by atoms with E-state index in [4.69, 9.17) is 4.74 Å². The Morgan fingerprint density at radius 1 is 1.42 bits per heavy atom. The fourth-order valence-electron chi connectivity index (χ4n) is 3.23. The highest BCUT2D eigenvalue weighted by Crippen LogP contribution is 2.51. The van der Waals surface area contributed by atoms with Gasteiger partial charge in [0.05, 0.1) is 12.7 Å². The van der Waals surface area contributed by atoms with Crippen LogP contribution in [0.5, 0.6) is 0 Å². The quantitative estimate of drug-likeness (QED) is 0.691. The lowest BCUT2D eigenvalue weighted by Gasteiger charge is -2.50. The number of ether oxygens (including phenoxy) is 1. The molecule has 3 N–H and O–H groups in total. The molecule has 0 amide bonds. The van der Waals surface area contributed by atoms with E-state index in [1.165, 1.54) is 10.8 Å². The molecule has 2 rings (SSSR count). The third kappa shape index (κ3) is 2.71. The molecule has 2 heterocycles. The van der Waals surface area contributed by atoms with Crippen LogP contribution < -0.4 is 11.2 Å². The Labute approximate surface area is 142 Å². The lowest BCUT2D eigenvalue weighted by Crippen LogP contribution is -2.64. The van der Waals surface area contributed by atoms with Gasteiger partial charge in [-0.25, -0.2) is 4.79 Å². The molecule has 1 aliphatic heterocycles. The molecule has 0 unspecified atom stereocenters. The number of aromatic amines is 1. The highest BCUT2D eigenvalue weighted by Gasteiger charge is 2.61. The van der Waals surface area contributed by atoms with Gasteiger partial charge in [0.25, 0.3) is 5.56 Å². The van der Waals surface area contributed by atoms with Crippen molar-refractivity contribution in [2.45, 2.75) is 69.8 Å². The number of aliphatic hydroxyl groups excluding tert-OH is 2. The first-order chi connectivity index (χ1) is 10.9. The van der Waals surface area contributed by atoms with Crippen molar-refractivity contribution in [3.63, 3.8) is 0 Å². The van der Waals surface area contributed by atoms with E-state index in [0.717, 1.165) is 0 Å². The predicted octanol–water partition coefficient (Wildman–Crippen LogP) is 0.688. The maximum absolute atomic E-state index is 12.6. The molecule has 0 spiro atoms. The molecule has 7 nitrogen and oxygen atoms in total. The highest BCUT2D eigenvalue weighted by atomic mass is 28.3. The molecule has 1 aliphatic rings. The molecule has 0 saturated carbocycles. The summed E-state index contributed by atoms with van der Waals surface area (Å²) in [5.41, 5.74) is -0.585. The van der Waals surface area contributed by atoms with Gasteiger partial charge in [-0.05, 0) is 12.0 Å². The molecule has 136 valence electrons. The molecule has 1 aromatic rings. The average Bonchev–Trinajstić information content (AvgIpc) is 2.80. The topological polar surface area (TPSA) is 105 Å². The van der Waals surface area contributed by atoms with Crippen molar-refractivity contribution in [1.29, 1.82) is 0 Å². The molecule has 0 aromatic carbocycles. The predicted molar refractivity (Wildman–Crippen MR) is 93.8 cm³/mol. The minimum Gasteiger partial charge on any atom is -0.394 e. The Kier molecular flexibility index (Phi) is 4.73. The van der Waals surface area contributed by atoms with E-state index in [-0.39, 0.29) is 18.1 Å². The van der Waals surface area contributed by atoms with Gasteiger partial charge < -0.3 is 14.9 Å². The Balaban J connectivity index is 2.78. The van der Waals surface area contributed by atoms with Crippen molar-refractivity contribution < 1.29 is 14.9 Å². The lowest BCUT2D eigenvalue weighted by atomic mass is 10.2. The number of aryl methyl sites for hydroxylation is 1. The van der Waals surface area contributed by atoms with Crippen LogP contribution in [0, 0.1) is 6.92 Å². The molecule has 0 bridgehead atoms. The van der Waals surface area contributed by atoms with Gasteiger partial charge in [-0.2, -0.15) is 0 Å². The maximum Gasteiger partial charge on any atom is 0.330 e. The minimum absolute atomic E-state index is 0.152. The second-order valence-corrected chi connectivity index (χ2v) is 13.7. The van der Waals surface area contributed by atoms with Gasteiger partial charge >= 0.3 is 5.69 Å². The molecule has 1 aromatic heterocycles. The summed E-state index contributed by atoms with van der Waals surface area (Å²) < 4.78 is 7.60. The number of hydrogen-bond acceptors (Lipinski definition) is 5. The first-order valence-electron chi connectivity index (χ1n) is 8.17. The minimum atomic E-state index is -2.39. The summed E-state index contributed by atoms with van der Waals surface area (Å²) in [6, 6.07) is 0. The van der Waals surface area contributed by atoms with Crippen LogP contribution in [0.4, 0.5) is 0 Å².